The standard InChI is InChI=1S/C18H21Cl/c1-11-9-13(3)17(14(4)10-11)18(19)16-8-6-7-12(2)15(16)5/h6-10,18H,1-5H3. The fraction of sp³-hybridized carbons (Fsp3) is 0.333. The van der Waals surface area contributed by atoms with Crippen molar-refractivity contribution >= 4 is 11.6 Å². The van der Waals surface area contributed by atoms with E-state index in [0.29, 0.717) is 0 Å². The van der Waals surface area contributed by atoms with E-state index in [2.05, 4.69) is 65.0 Å². The first-order valence-electron chi connectivity index (χ1n) is 6.69. The molecule has 2 rings (SSSR count). The van der Waals surface area contributed by atoms with Crippen molar-refractivity contribution in [2.24, 2.45) is 0 Å². The summed E-state index contributed by atoms with van der Waals surface area (Å²) in [6.07, 6.45) is 0. The summed E-state index contributed by atoms with van der Waals surface area (Å²) < 4.78 is 0. The van der Waals surface area contributed by atoms with E-state index in [1.807, 2.05) is 0 Å². The maximum atomic E-state index is 6.77. The first kappa shape index (κ1) is 14.1. The van der Waals surface area contributed by atoms with E-state index in [1.165, 1.54) is 38.9 Å². The second-order valence-corrected chi connectivity index (χ2v) is 5.90. The average Bonchev–Trinajstić information content (AvgIpc) is 2.31. The van der Waals surface area contributed by atoms with Crippen molar-refractivity contribution in [3.8, 4) is 0 Å². The molecule has 0 nitrogen and oxygen atoms in total. The molecule has 0 fully saturated rings. The molecule has 0 heterocycles. The lowest BCUT2D eigenvalue weighted by molar-refractivity contribution is 1.05. The van der Waals surface area contributed by atoms with E-state index in [1.54, 1.807) is 0 Å². The van der Waals surface area contributed by atoms with E-state index < -0.39 is 0 Å². The molecular formula is C18H21Cl. The predicted molar refractivity (Wildman–Crippen MR) is 84.3 cm³/mol. The lowest BCUT2D eigenvalue weighted by Crippen LogP contribution is -2.03. The van der Waals surface area contributed by atoms with Gasteiger partial charge in [0.2, 0.25) is 0 Å². The van der Waals surface area contributed by atoms with Gasteiger partial charge in [-0.3, -0.25) is 0 Å². The van der Waals surface area contributed by atoms with Crippen LogP contribution in [-0.2, 0) is 0 Å². The number of hydrogen-bond acceptors (Lipinski definition) is 0. The molecule has 100 valence electrons. The monoisotopic (exact) mass is 272 g/mol. The molecule has 0 N–H and O–H groups in total. The highest BCUT2D eigenvalue weighted by Crippen LogP contribution is 2.36. The van der Waals surface area contributed by atoms with Gasteiger partial charge in [0.15, 0.2) is 0 Å². The zero-order valence-corrected chi connectivity index (χ0v) is 13.1. The third-order valence-electron chi connectivity index (χ3n) is 3.91. The Hall–Kier alpha value is -1.27. The van der Waals surface area contributed by atoms with E-state index >= 15 is 0 Å². The topological polar surface area (TPSA) is 0 Å². The largest absolute Gasteiger partial charge is 0.113 e. The molecule has 0 aliphatic carbocycles. The Morgan fingerprint density at radius 1 is 0.842 bits per heavy atom. The van der Waals surface area contributed by atoms with Gasteiger partial charge < -0.3 is 0 Å². The van der Waals surface area contributed by atoms with Crippen LogP contribution in [0.5, 0.6) is 0 Å². The summed E-state index contributed by atoms with van der Waals surface area (Å²) in [5.41, 5.74) is 8.91. The summed E-state index contributed by atoms with van der Waals surface area (Å²) in [6.45, 7) is 10.7. The number of hydrogen-bond donors (Lipinski definition) is 0. The van der Waals surface area contributed by atoms with Gasteiger partial charge >= 0.3 is 0 Å². The van der Waals surface area contributed by atoms with Crippen molar-refractivity contribution in [2.75, 3.05) is 0 Å². The maximum absolute atomic E-state index is 6.77. The molecular weight excluding hydrogens is 252 g/mol. The van der Waals surface area contributed by atoms with Gasteiger partial charge in [0.1, 0.15) is 0 Å². The van der Waals surface area contributed by atoms with Crippen molar-refractivity contribution < 1.29 is 0 Å². The average molecular weight is 273 g/mol. The Morgan fingerprint density at radius 3 is 2.00 bits per heavy atom. The van der Waals surface area contributed by atoms with Crippen LogP contribution in [0.3, 0.4) is 0 Å². The summed E-state index contributed by atoms with van der Waals surface area (Å²) in [7, 11) is 0. The van der Waals surface area contributed by atoms with Gasteiger partial charge in [-0.05, 0) is 68.0 Å². The molecule has 0 radical (unpaired) electrons. The Kier molecular flexibility index (Phi) is 4.01. The van der Waals surface area contributed by atoms with E-state index in [0.717, 1.165) is 0 Å². The molecule has 0 amide bonds. The quantitative estimate of drug-likeness (QED) is 0.628. The van der Waals surface area contributed by atoms with Crippen LogP contribution in [0.4, 0.5) is 0 Å². The molecule has 19 heavy (non-hydrogen) atoms. The Morgan fingerprint density at radius 2 is 1.42 bits per heavy atom. The molecule has 2 aromatic carbocycles. The zero-order valence-electron chi connectivity index (χ0n) is 12.3. The molecule has 1 heteroatoms. The van der Waals surface area contributed by atoms with E-state index in [9.17, 15) is 0 Å². The highest BCUT2D eigenvalue weighted by atomic mass is 35.5. The van der Waals surface area contributed by atoms with Crippen LogP contribution in [-0.4, -0.2) is 0 Å². The number of halogens is 1. The summed E-state index contributed by atoms with van der Waals surface area (Å²) in [4.78, 5) is 0. The fourth-order valence-corrected chi connectivity index (χ4v) is 3.38. The molecule has 1 atom stereocenters. The molecule has 0 bridgehead atoms. The van der Waals surface area contributed by atoms with Crippen LogP contribution >= 0.6 is 11.6 Å². The molecule has 0 aromatic heterocycles. The normalized spacial score (nSPS) is 12.5. The second kappa shape index (κ2) is 5.38. The van der Waals surface area contributed by atoms with Crippen LogP contribution in [0.1, 0.15) is 44.3 Å². The summed E-state index contributed by atoms with van der Waals surface area (Å²) in [5.74, 6) is 0. The number of benzene rings is 2. The number of alkyl halides is 1. The Labute approximate surface area is 121 Å². The second-order valence-electron chi connectivity index (χ2n) is 5.46. The maximum Gasteiger partial charge on any atom is 0.0843 e. The van der Waals surface area contributed by atoms with Crippen molar-refractivity contribution in [1.29, 1.82) is 0 Å². The van der Waals surface area contributed by atoms with Gasteiger partial charge in [0.25, 0.3) is 0 Å². The van der Waals surface area contributed by atoms with Gasteiger partial charge in [0.05, 0.1) is 5.38 Å². The van der Waals surface area contributed by atoms with E-state index in [-0.39, 0.29) is 5.38 Å². The van der Waals surface area contributed by atoms with Crippen LogP contribution < -0.4 is 0 Å². The van der Waals surface area contributed by atoms with Crippen molar-refractivity contribution in [3.05, 3.63) is 69.3 Å². The first-order valence-corrected chi connectivity index (χ1v) is 7.13. The number of aryl methyl sites for hydroxylation is 4. The van der Waals surface area contributed by atoms with Gasteiger partial charge in [-0.2, -0.15) is 0 Å². The Balaban J connectivity index is 2.56. The zero-order chi connectivity index (χ0) is 14.2. The van der Waals surface area contributed by atoms with Gasteiger partial charge in [-0.25, -0.2) is 0 Å². The minimum Gasteiger partial charge on any atom is -0.113 e. The minimum absolute atomic E-state index is 0.0690. The lowest BCUT2D eigenvalue weighted by Gasteiger charge is -2.19. The summed E-state index contributed by atoms with van der Waals surface area (Å²) in [5, 5.41) is -0.0690. The van der Waals surface area contributed by atoms with Crippen LogP contribution in [0.2, 0.25) is 0 Å². The molecule has 0 aliphatic heterocycles. The minimum atomic E-state index is -0.0690. The molecule has 2 aromatic rings. The van der Waals surface area contributed by atoms with Gasteiger partial charge in [0, 0.05) is 0 Å². The molecule has 0 aliphatic rings. The first-order chi connectivity index (χ1) is 8.91. The summed E-state index contributed by atoms with van der Waals surface area (Å²) in [6, 6.07) is 10.8. The molecule has 0 saturated heterocycles. The predicted octanol–water partition coefficient (Wildman–Crippen LogP) is 5.56. The lowest BCUT2D eigenvalue weighted by atomic mass is 9.91. The van der Waals surface area contributed by atoms with Crippen LogP contribution in [0, 0.1) is 34.6 Å². The number of rotatable bonds is 2. The third kappa shape index (κ3) is 2.69. The fourth-order valence-electron chi connectivity index (χ4n) is 2.79. The smallest absolute Gasteiger partial charge is 0.0843 e. The van der Waals surface area contributed by atoms with Crippen molar-refractivity contribution in [2.45, 2.75) is 40.0 Å². The van der Waals surface area contributed by atoms with Crippen molar-refractivity contribution in [3.63, 3.8) is 0 Å². The van der Waals surface area contributed by atoms with Crippen LogP contribution in [0.15, 0.2) is 30.3 Å². The molecule has 1 unspecified atom stereocenters. The third-order valence-corrected chi connectivity index (χ3v) is 4.36. The highest BCUT2D eigenvalue weighted by Gasteiger charge is 2.18. The van der Waals surface area contributed by atoms with Gasteiger partial charge in [-0.15, -0.1) is 11.6 Å². The molecule has 0 spiro atoms. The van der Waals surface area contributed by atoms with Crippen LogP contribution in [0.25, 0.3) is 0 Å². The SMILES string of the molecule is Cc1cc(C)c(C(Cl)c2cccc(C)c2C)c(C)c1. The van der Waals surface area contributed by atoms with Crippen molar-refractivity contribution in [1.82, 2.24) is 0 Å². The molecule has 0 saturated carbocycles. The summed E-state index contributed by atoms with van der Waals surface area (Å²) >= 11 is 6.77. The highest BCUT2D eigenvalue weighted by molar-refractivity contribution is 6.23. The van der Waals surface area contributed by atoms with Gasteiger partial charge in [-0.1, -0.05) is 35.9 Å². The Bertz CT molecular complexity index is 588. The van der Waals surface area contributed by atoms with E-state index in [4.69, 9.17) is 11.6 Å².